The zero-order chi connectivity index (χ0) is 12.8. The summed E-state index contributed by atoms with van der Waals surface area (Å²) < 4.78 is 0. The SMILES string of the molecule is CCSCCN1Cc2ccccc2CC1CNC. The number of thioether (sulfide) groups is 1. The Kier molecular flexibility index (Phi) is 5.54. The summed E-state index contributed by atoms with van der Waals surface area (Å²) in [7, 11) is 2.06. The van der Waals surface area contributed by atoms with Crippen molar-refractivity contribution < 1.29 is 0 Å². The molecule has 1 atom stereocenters. The number of rotatable bonds is 6. The molecule has 0 amide bonds. The quantitative estimate of drug-likeness (QED) is 0.794. The maximum Gasteiger partial charge on any atom is 0.0264 e. The normalized spacial score (nSPS) is 19.8. The van der Waals surface area contributed by atoms with E-state index in [1.54, 1.807) is 0 Å². The smallest absolute Gasteiger partial charge is 0.0264 e. The van der Waals surface area contributed by atoms with Gasteiger partial charge in [0.25, 0.3) is 0 Å². The van der Waals surface area contributed by atoms with Crippen LogP contribution in [0.2, 0.25) is 0 Å². The third kappa shape index (κ3) is 3.50. The predicted octanol–water partition coefficient (Wildman–Crippen LogP) is 2.39. The first-order valence-corrected chi connectivity index (χ1v) is 8.03. The molecule has 0 bridgehead atoms. The van der Waals surface area contributed by atoms with E-state index in [1.807, 2.05) is 11.8 Å². The molecule has 0 aliphatic carbocycles. The van der Waals surface area contributed by atoms with Gasteiger partial charge in [-0.1, -0.05) is 31.2 Å². The van der Waals surface area contributed by atoms with E-state index in [-0.39, 0.29) is 0 Å². The second-order valence-corrected chi connectivity index (χ2v) is 6.25. The van der Waals surface area contributed by atoms with Gasteiger partial charge in [0.2, 0.25) is 0 Å². The van der Waals surface area contributed by atoms with Crippen LogP contribution in [0, 0.1) is 0 Å². The molecule has 18 heavy (non-hydrogen) atoms. The number of fused-ring (bicyclic) bond motifs is 1. The number of nitrogens with zero attached hydrogens (tertiary/aromatic N) is 1. The molecular weight excluding hydrogens is 240 g/mol. The van der Waals surface area contributed by atoms with Gasteiger partial charge in [0.15, 0.2) is 0 Å². The van der Waals surface area contributed by atoms with Crippen LogP contribution >= 0.6 is 11.8 Å². The van der Waals surface area contributed by atoms with E-state index in [4.69, 9.17) is 0 Å². The van der Waals surface area contributed by atoms with Crippen molar-refractivity contribution in [3.8, 4) is 0 Å². The monoisotopic (exact) mass is 264 g/mol. The molecule has 0 spiro atoms. The summed E-state index contributed by atoms with van der Waals surface area (Å²) in [4.78, 5) is 2.64. The van der Waals surface area contributed by atoms with Gasteiger partial charge in [0.1, 0.15) is 0 Å². The molecule has 1 N–H and O–H groups in total. The average Bonchev–Trinajstić information content (AvgIpc) is 2.40. The van der Waals surface area contributed by atoms with Crippen LogP contribution in [0.4, 0.5) is 0 Å². The number of hydrogen-bond acceptors (Lipinski definition) is 3. The minimum atomic E-state index is 0.655. The maximum absolute atomic E-state index is 3.34. The lowest BCUT2D eigenvalue weighted by Gasteiger charge is -2.37. The summed E-state index contributed by atoms with van der Waals surface area (Å²) in [6.07, 6.45) is 1.19. The fourth-order valence-electron chi connectivity index (χ4n) is 2.67. The molecule has 100 valence electrons. The van der Waals surface area contributed by atoms with Crippen LogP contribution in [0.1, 0.15) is 18.1 Å². The zero-order valence-corrected chi connectivity index (χ0v) is 12.3. The topological polar surface area (TPSA) is 15.3 Å². The number of hydrogen-bond donors (Lipinski definition) is 1. The van der Waals surface area contributed by atoms with E-state index < -0.39 is 0 Å². The Labute approximate surface area is 115 Å². The van der Waals surface area contributed by atoms with E-state index >= 15 is 0 Å². The molecule has 0 radical (unpaired) electrons. The van der Waals surface area contributed by atoms with Crippen molar-refractivity contribution in [2.24, 2.45) is 0 Å². The van der Waals surface area contributed by atoms with Gasteiger partial charge < -0.3 is 5.32 Å². The van der Waals surface area contributed by atoms with Crippen LogP contribution in [0.25, 0.3) is 0 Å². The summed E-state index contributed by atoms with van der Waals surface area (Å²) >= 11 is 2.04. The van der Waals surface area contributed by atoms with E-state index in [9.17, 15) is 0 Å². The minimum absolute atomic E-state index is 0.655. The Hall–Kier alpha value is -0.510. The highest BCUT2D eigenvalue weighted by molar-refractivity contribution is 7.99. The summed E-state index contributed by atoms with van der Waals surface area (Å²) in [6.45, 7) is 5.65. The molecular formula is C15H24N2S. The Morgan fingerprint density at radius 2 is 2.11 bits per heavy atom. The molecule has 2 rings (SSSR count). The summed E-state index contributed by atoms with van der Waals surface area (Å²) in [5.41, 5.74) is 3.06. The lowest BCUT2D eigenvalue weighted by atomic mass is 9.94. The van der Waals surface area contributed by atoms with Gasteiger partial charge in [-0.15, -0.1) is 0 Å². The molecule has 1 aliphatic rings. The molecule has 1 aliphatic heterocycles. The van der Waals surface area contributed by atoms with Gasteiger partial charge in [-0.2, -0.15) is 11.8 Å². The largest absolute Gasteiger partial charge is 0.318 e. The molecule has 1 aromatic carbocycles. The van der Waals surface area contributed by atoms with Gasteiger partial charge in [-0.05, 0) is 30.3 Å². The highest BCUT2D eigenvalue weighted by Crippen LogP contribution is 2.23. The van der Waals surface area contributed by atoms with E-state index in [0.29, 0.717) is 6.04 Å². The molecule has 0 fully saturated rings. The summed E-state index contributed by atoms with van der Waals surface area (Å²) in [5.74, 6) is 2.47. The lowest BCUT2D eigenvalue weighted by molar-refractivity contribution is 0.181. The first kappa shape index (κ1) is 13.9. The van der Waals surface area contributed by atoms with Crippen molar-refractivity contribution in [1.29, 1.82) is 0 Å². The van der Waals surface area contributed by atoms with Gasteiger partial charge in [-0.3, -0.25) is 4.90 Å². The van der Waals surface area contributed by atoms with E-state index in [2.05, 4.69) is 48.5 Å². The van der Waals surface area contributed by atoms with Crippen LogP contribution in [-0.2, 0) is 13.0 Å². The van der Waals surface area contributed by atoms with Crippen LogP contribution in [-0.4, -0.2) is 42.6 Å². The molecule has 1 heterocycles. The number of nitrogens with one attached hydrogen (secondary N) is 1. The van der Waals surface area contributed by atoms with Crippen molar-refractivity contribution >= 4 is 11.8 Å². The standard InChI is InChI=1S/C15H24N2S/c1-3-18-9-8-17-12-14-7-5-4-6-13(14)10-15(17)11-16-2/h4-7,15-16H,3,8-12H2,1-2H3. The minimum Gasteiger partial charge on any atom is -0.318 e. The third-order valence-corrected chi connectivity index (χ3v) is 4.51. The Balaban J connectivity index is 2.03. The van der Waals surface area contributed by atoms with Gasteiger partial charge in [-0.25, -0.2) is 0 Å². The highest BCUT2D eigenvalue weighted by Gasteiger charge is 2.24. The number of likely N-dealkylation sites (N-methyl/N-ethyl adjacent to an activating group) is 1. The third-order valence-electron chi connectivity index (χ3n) is 3.63. The lowest BCUT2D eigenvalue weighted by Crippen LogP contribution is -2.46. The van der Waals surface area contributed by atoms with Crippen molar-refractivity contribution in [3.63, 3.8) is 0 Å². The van der Waals surface area contributed by atoms with Crippen molar-refractivity contribution in [2.45, 2.75) is 25.9 Å². The summed E-state index contributed by atoms with van der Waals surface area (Å²) in [6, 6.07) is 9.55. The Bertz CT molecular complexity index is 367. The molecule has 0 aromatic heterocycles. The zero-order valence-electron chi connectivity index (χ0n) is 11.5. The second kappa shape index (κ2) is 7.17. The Morgan fingerprint density at radius 3 is 2.83 bits per heavy atom. The van der Waals surface area contributed by atoms with Crippen LogP contribution in [0.15, 0.2) is 24.3 Å². The highest BCUT2D eigenvalue weighted by atomic mass is 32.2. The van der Waals surface area contributed by atoms with Crippen LogP contribution in [0.5, 0.6) is 0 Å². The average molecular weight is 264 g/mol. The predicted molar refractivity (Wildman–Crippen MR) is 81.3 cm³/mol. The Morgan fingerprint density at radius 1 is 1.33 bits per heavy atom. The molecule has 2 nitrogen and oxygen atoms in total. The maximum atomic E-state index is 3.34. The first-order valence-electron chi connectivity index (χ1n) is 6.88. The van der Waals surface area contributed by atoms with Gasteiger partial charge >= 0.3 is 0 Å². The van der Waals surface area contributed by atoms with E-state index in [1.165, 1.54) is 35.6 Å². The molecule has 0 saturated carbocycles. The first-order chi connectivity index (χ1) is 8.85. The molecule has 0 saturated heterocycles. The molecule has 1 unspecified atom stereocenters. The molecule has 3 heteroatoms. The van der Waals surface area contributed by atoms with Gasteiger partial charge in [0.05, 0.1) is 0 Å². The van der Waals surface area contributed by atoms with Crippen molar-refractivity contribution in [3.05, 3.63) is 35.4 Å². The second-order valence-electron chi connectivity index (χ2n) is 4.85. The van der Waals surface area contributed by atoms with Crippen molar-refractivity contribution in [2.75, 3.05) is 31.6 Å². The van der Waals surface area contributed by atoms with Gasteiger partial charge in [0, 0.05) is 31.4 Å². The van der Waals surface area contributed by atoms with E-state index in [0.717, 1.165) is 13.1 Å². The fraction of sp³-hybridized carbons (Fsp3) is 0.600. The summed E-state index contributed by atoms with van der Waals surface area (Å²) in [5, 5.41) is 3.34. The molecule has 1 aromatic rings. The fourth-order valence-corrected chi connectivity index (χ4v) is 3.32. The van der Waals surface area contributed by atoms with Crippen molar-refractivity contribution in [1.82, 2.24) is 10.2 Å². The number of benzene rings is 1. The van der Waals surface area contributed by atoms with Crippen LogP contribution in [0.3, 0.4) is 0 Å². The van der Waals surface area contributed by atoms with Crippen LogP contribution < -0.4 is 5.32 Å².